The van der Waals surface area contributed by atoms with E-state index in [1.807, 2.05) is 0 Å². The van der Waals surface area contributed by atoms with Crippen molar-refractivity contribution in [1.29, 1.82) is 0 Å². The van der Waals surface area contributed by atoms with Crippen LogP contribution in [0.25, 0.3) is 0 Å². The van der Waals surface area contributed by atoms with Crippen LogP contribution >= 0.6 is 0 Å². The van der Waals surface area contributed by atoms with Gasteiger partial charge in [0.2, 0.25) is 20.0 Å². The minimum absolute atomic E-state index is 0.110. The molecule has 2 aromatic rings. The third-order valence-electron chi connectivity index (χ3n) is 4.95. The summed E-state index contributed by atoms with van der Waals surface area (Å²) in [6, 6.07) is 7.75. The molecule has 32 heavy (non-hydrogen) atoms. The van der Waals surface area contributed by atoms with Crippen LogP contribution in [0.2, 0.25) is 0 Å². The van der Waals surface area contributed by atoms with Gasteiger partial charge in [-0.1, -0.05) is 12.1 Å². The number of piperazine rings is 1. The van der Waals surface area contributed by atoms with Crippen molar-refractivity contribution in [2.24, 2.45) is 0 Å². The van der Waals surface area contributed by atoms with E-state index in [0.29, 0.717) is 0 Å². The number of hydrogen-bond donors (Lipinski definition) is 1. The Hall–Kier alpha value is -2.94. The highest BCUT2D eigenvalue weighted by atomic mass is 32.2. The molecule has 1 aliphatic rings. The maximum absolute atomic E-state index is 14.2. The van der Waals surface area contributed by atoms with Crippen LogP contribution in [0.1, 0.15) is 10.4 Å². The molecule has 0 aliphatic carbocycles. The zero-order valence-corrected chi connectivity index (χ0v) is 18.4. The Bertz CT molecular complexity index is 1270. The van der Waals surface area contributed by atoms with Crippen LogP contribution < -0.4 is 4.72 Å². The zero-order chi connectivity index (χ0) is 23.7. The number of carbonyl (C=O) groups is 1. The molecule has 0 saturated carbocycles. The second kappa shape index (κ2) is 8.90. The van der Waals surface area contributed by atoms with Crippen molar-refractivity contribution in [2.75, 3.05) is 33.2 Å². The molecule has 1 amide bonds. The first-order valence-electron chi connectivity index (χ1n) is 9.25. The number of benzene rings is 2. The number of carbonyl (C=O) groups excluding carboxylic acids is 1. The Morgan fingerprint density at radius 1 is 1.06 bits per heavy atom. The van der Waals surface area contributed by atoms with E-state index in [4.69, 9.17) is 0 Å². The molecular formula is C18H19FN4O7S2. The average Bonchev–Trinajstić information content (AvgIpc) is 2.78. The zero-order valence-electron chi connectivity index (χ0n) is 16.8. The Balaban J connectivity index is 1.80. The third-order valence-corrected chi connectivity index (χ3v) is 8.31. The van der Waals surface area contributed by atoms with E-state index in [-0.39, 0.29) is 31.1 Å². The van der Waals surface area contributed by atoms with Crippen LogP contribution in [0.3, 0.4) is 0 Å². The van der Waals surface area contributed by atoms with Gasteiger partial charge in [-0.3, -0.25) is 14.9 Å². The molecule has 1 heterocycles. The van der Waals surface area contributed by atoms with E-state index >= 15 is 0 Å². The fourth-order valence-electron chi connectivity index (χ4n) is 3.22. The number of nitro benzene ring substituents is 1. The van der Waals surface area contributed by atoms with Crippen LogP contribution in [-0.2, 0) is 20.0 Å². The summed E-state index contributed by atoms with van der Waals surface area (Å²) in [6.45, 7) is -0.561. The summed E-state index contributed by atoms with van der Waals surface area (Å²) in [5, 5.41) is 11.2. The number of rotatable bonds is 6. The average molecular weight is 487 g/mol. The topological polar surface area (TPSA) is 147 Å². The Morgan fingerprint density at radius 3 is 2.28 bits per heavy atom. The first-order chi connectivity index (χ1) is 15.0. The summed E-state index contributed by atoms with van der Waals surface area (Å²) in [5.41, 5.74) is -1.02. The minimum Gasteiger partial charge on any atom is -0.336 e. The van der Waals surface area contributed by atoms with Crippen molar-refractivity contribution in [1.82, 2.24) is 13.9 Å². The van der Waals surface area contributed by atoms with Crippen molar-refractivity contribution < 1.29 is 30.9 Å². The predicted molar refractivity (Wildman–Crippen MR) is 110 cm³/mol. The van der Waals surface area contributed by atoms with E-state index in [9.17, 15) is 36.1 Å². The van der Waals surface area contributed by atoms with Gasteiger partial charge in [-0.2, -0.15) is 4.31 Å². The highest BCUT2D eigenvalue weighted by Gasteiger charge is 2.35. The van der Waals surface area contributed by atoms with Gasteiger partial charge in [0.25, 0.3) is 11.6 Å². The molecule has 0 spiro atoms. The molecule has 1 fully saturated rings. The molecule has 14 heteroatoms. The maximum atomic E-state index is 14.2. The Morgan fingerprint density at radius 2 is 1.69 bits per heavy atom. The highest BCUT2D eigenvalue weighted by molar-refractivity contribution is 7.89. The van der Waals surface area contributed by atoms with Crippen molar-refractivity contribution >= 4 is 31.6 Å². The normalized spacial score (nSPS) is 15.5. The Kier molecular flexibility index (Phi) is 6.59. The lowest BCUT2D eigenvalue weighted by molar-refractivity contribution is -0.387. The van der Waals surface area contributed by atoms with Gasteiger partial charge in [0.05, 0.1) is 15.4 Å². The standard InChI is InChI=1S/C18H19FN4O7S2/c1-20-31(27,28)13-6-7-15(19)14(12-13)18(24)21-8-10-22(11-9-21)32(29,30)17-5-3-2-4-16(17)23(25)26/h2-7,12,20H,8-11H2,1H3. The highest BCUT2D eigenvalue weighted by Crippen LogP contribution is 2.27. The van der Waals surface area contributed by atoms with Gasteiger partial charge >= 0.3 is 0 Å². The van der Waals surface area contributed by atoms with E-state index in [2.05, 4.69) is 4.72 Å². The third kappa shape index (κ3) is 4.48. The first kappa shape index (κ1) is 23.7. The van der Waals surface area contributed by atoms with Gasteiger partial charge in [-0.05, 0) is 31.3 Å². The molecule has 3 rings (SSSR count). The first-order valence-corrected chi connectivity index (χ1v) is 12.2. The second-order valence-corrected chi connectivity index (χ2v) is 10.6. The molecule has 2 aromatic carbocycles. The van der Waals surface area contributed by atoms with E-state index in [1.54, 1.807) is 0 Å². The van der Waals surface area contributed by atoms with Crippen LogP contribution in [0.5, 0.6) is 0 Å². The molecule has 172 valence electrons. The van der Waals surface area contributed by atoms with Crippen molar-refractivity contribution in [3.05, 3.63) is 64.0 Å². The molecule has 1 saturated heterocycles. The van der Waals surface area contributed by atoms with Gasteiger partial charge in [0.15, 0.2) is 4.90 Å². The van der Waals surface area contributed by atoms with Crippen molar-refractivity contribution in [2.45, 2.75) is 9.79 Å². The van der Waals surface area contributed by atoms with Gasteiger partial charge in [0.1, 0.15) is 5.82 Å². The van der Waals surface area contributed by atoms with Crippen LogP contribution in [-0.4, -0.2) is 70.1 Å². The van der Waals surface area contributed by atoms with Gasteiger partial charge in [0, 0.05) is 32.2 Å². The summed E-state index contributed by atoms with van der Waals surface area (Å²) in [4.78, 5) is 23.6. The van der Waals surface area contributed by atoms with Crippen molar-refractivity contribution in [3.63, 3.8) is 0 Å². The molecule has 0 atom stereocenters. The van der Waals surface area contributed by atoms with E-state index in [1.165, 1.54) is 24.1 Å². The summed E-state index contributed by atoms with van der Waals surface area (Å²) in [7, 11) is -6.92. The number of nitro groups is 1. The monoisotopic (exact) mass is 486 g/mol. The smallest absolute Gasteiger partial charge is 0.289 e. The van der Waals surface area contributed by atoms with E-state index in [0.717, 1.165) is 34.6 Å². The summed E-state index contributed by atoms with van der Waals surface area (Å²) in [5.74, 6) is -1.71. The number of nitrogens with one attached hydrogen (secondary N) is 1. The summed E-state index contributed by atoms with van der Waals surface area (Å²) >= 11 is 0. The summed E-state index contributed by atoms with van der Waals surface area (Å²) in [6.07, 6.45) is 0. The van der Waals surface area contributed by atoms with Crippen LogP contribution in [0, 0.1) is 15.9 Å². The maximum Gasteiger partial charge on any atom is 0.289 e. The summed E-state index contributed by atoms with van der Waals surface area (Å²) < 4.78 is 67.0. The Labute approximate surface area is 183 Å². The molecule has 0 unspecified atom stereocenters. The van der Waals surface area contributed by atoms with E-state index < -0.39 is 52.8 Å². The molecule has 0 radical (unpaired) electrons. The molecule has 0 bridgehead atoms. The van der Waals surface area contributed by atoms with Gasteiger partial charge < -0.3 is 4.90 Å². The molecule has 11 nitrogen and oxygen atoms in total. The largest absolute Gasteiger partial charge is 0.336 e. The number of amides is 1. The number of para-hydroxylation sites is 1. The lowest BCUT2D eigenvalue weighted by Gasteiger charge is -2.34. The molecule has 0 aromatic heterocycles. The quantitative estimate of drug-likeness (QED) is 0.469. The SMILES string of the molecule is CNS(=O)(=O)c1ccc(F)c(C(=O)N2CCN(S(=O)(=O)c3ccccc3[N+](=O)[O-])CC2)c1. The fraction of sp³-hybridized carbons (Fsp3) is 0.278. The number of hydrogen-bond acceptors (Lipinski definition) is 7. The number of sulfonamides is 2. The molecule has 1 N–H and O–H groups in total. The van der Waals surface area contributed by atoms with Gasteiger partial charge in [-0.25, -0.2) is 25.9 Å². The van der Waals surface area contributed by atoms with Gasteiger partial charge in [-0.15, -0.1) is 0 Å². The predicted octanol–water partition coefficient (Wildman–Crippen LogP) is 0.789. The number of halogens is 1. The molecular weight excluding hydrogens is 467 g/mol. The lowest BCUT2D eigenvalue weighted by Crippen LogP contribution is -2.50. The molecule has 1 aliphatic heterocycles. The minimum atomic E-state index is -4.20. The van der Waals surface area contributed by atoms with Crippen molar-refractivity contribution in [3.8, 4) is 0 Å². The fourth-order valence-corrected chi connectivity index (χ4v) is 5.56. The lowest BCUT2D eigenvalue weighted by atomic mass is 10.1. The van der Waals surface area contributed by atoms with Crippen LogP contribution in [0.15, 0.2) is 52.3 Å². The number of nitrogens with zero attached hydrogens (tertiary/aromatic N) is 3. The second-order valence-electron chi connectivity index (χ2n) is 6.77. The van der Waals surface area contributed by atoms with Crippen LogP contribution in [0.4, 0.5) is 10.1 Å².